The van der Waals surface area contributed by atoms with Crippen LogP contribution in [0.5, 0.6) is 0 Å². The monoisotopic (exact) mass is 202 g/mol. The highest BCUT2D eigenvalue weighted by atomic mass is 16.7. The van der Waals surface area contributed by atoms with Gasteiger partial charge in [0.2, 0.25) is 5.91 Å². The molecule has 1 amide bonds. The Kier molecular flexibility index (Phi) is 4.55. The van der Waals surface area contributed by atoms with E-state index in [-0.39, 0.29) is 11.5 Å². The molecule has 4 heteroatoms. The summed E-state index contributed by atoms with van der Waals surface area (Å²) in [5.74, 6) is -0.109. The molecule has 0 saturated heterocycles. The van der Waals surface area contributed by atoms with Gasteiger partial charge in [-0.2, -0.15) is 0 Å². The summed E-state index contributed by atoms with van der Waals surface area (Å²) in [5, 5.41) is 2.97. The quantitative estimate of drug-likeness (QED) is 0.671. The predicted octanol–water partition coefficient (Wildman–Crippen LogP) is 1.08. The van der Waals surface area contributed by atoms with Crippen LogP contribution in [0.3, 0.4) is 0 Å². The van der Waals surface area contributed by atoms with Crippen molar-refractivity contribution in [2.24, 2.45) is 5.41 Å². The van der Waals surface area contributed by atoms with Crippen molar-refractivity contribution in [1.29, 1.82) is 0 Å². The van der Waals surface area contributed by atoms with E-state index in [4.69, 9.17) is 4.84 Å². The number of carbonyl (C=O) groups is 1. The van der Waals surface area contributed by atoms with Crippen LogP contribution in [-0.2, 0) is 9.63 Å². The molecular weight excluding hydrogens is 180 g/mol. The lowest BCUT2D eigenvalue weighted by molar-refractivity contribution is -0.154. The summed E-state index contributed by atoms with van der Waals surface area (Å²) < 4.78 is 0. The third-order valence-corrected chi connectivity index (χ3v) is 1.68. The first-order valence-corrected chi connectivity index (χ1v) is 4.82. The average molecular weight is 202 g/mol. The van der Waals surface area contributed by atoms with Crippen LogP contribution in [-0.4, -0.2) is 25.1 Å². The second-order valence-electron chi connectivity index (χ2n) is 5.06. The minimum Gasteiger partial charge on any atom is -0.319 e. The van der Waals surface area contributed by atoms with Gasteiger partial charge in [-0.05, 0) is 41.7 Å². The fourth-order valence-corrected chi connectivity index (χ4v) is 0.860. The molecule has 84 valence electrons. The van der Waals surface area contributed by atoms with Crippen LogP contribution in [0.15, 0.2) is 0 Å². The van der Waals surface area contributed by atoms with Crippen LogP contribution < -0.4 is 10.8 Å². The normalized spacial score (nSPS) is 12.7. The van der Waals surface area contributed by atoms with Crippen LogP contribution in [0, 0.1) is 5.41 Å². The molecule has 4 nitrogen and oxygen atoms in total. The van der Waals surface area contributed by atoms with Gasteiger partial charge in [0.15, 0.2) is 0 Å². The molecular formula is C10H22N2O2. The van der Waals surface area contributed by atoms with E-state index in [1.54, 1.807) is 0 Å². The summed E-state index contributed by atoms with van der Waals surface area (Å²) in [6, 6.07) is 0. The van der Waals surface area contributed by atoms with Crippen LogP contribution in [0.1, 0.15) is 34.6 Å². The maximum Gasteiger partial charge on any atom is 0.250 e. The van der Waals surface area contributed by atoms with E-state index >= 15 is 0 Å². The Hall–Kier alpha value is -0.610. The third kappa shape index (κ3) is 5.19. The third-order valence-electron chi connectivity index (χ3n) is 1.68. The van der Waals surface area contributed by atoms with Gasteiger partial charge in [-0.3, -0.25) is 9.63 Å². The Morgan fingerprint density at radius 3 is 2.07 bits per heavy atom. The van der Waals surface area contributed by atoms with E-state index in [1.807, 2.05) is 41.7 Å². The molecule has 0 heterocycles. The van der Waals surface area contributed by atoms with Crippen molar-refractivity contribution in [2.75, 3.05) is 13.6 Å². The molecule has 0 aromatic heterocycles. The summed E-state index contributed by atoms with van der Waals surface area (Å²) in [6.07, 6.45) is 0. The molecule has 0 rings (SSSR count). The molecule has 0 fully saturated rings. The Balaban J connectivity index is 4.08. The molecule has 0 bridgehead atoms. The maximum absolute atomic E-state index is 11.6. The lowest BCUT2D eigenvalue weighted by Crippen LogP contribution is -2.45. The van der Waals surface area contributed by atoms with Crippen molar-refractivity contribution in [3.05, 3.63) is 0 Å². The van der Waals surface area contributed by atoms with E-state index in [9.17, 15) is 4.79 Å². The zero-order valence-electron chi connectivity index (χ0n) is 10.0. The van der Waals surface area contributed by atoms with Gasteiger partial charge in [0.05, 0.1) is 11.0 Å². The molecule has 0 aromatic carbocycles. The highest BCUT2D eigenvalue weighted by Gasteiger charge is 2.28. The zero-order chi connectivity index (χ0) is 11.4. The second-order valence-corrected chi connectivity index (χ2v) is 5.06. The van der Waals surface area contributed by atoms with E-state index in [0.29, 0.717) is 6.54 Å². The summed E-state index contributed by atoms with van der Waals surface area (Å²) in [5.41, 5.74) is 1.65. The molecule has 0 atom stereocenters. The van der Waals surface area contributed by atoms with Gasteiger partial charge in [0, 0.05) is 6.54 Å². The Morgan fingerprint density at radius 2 is 1.71 bits per heavy atom. The predicted molar refractivity (Wildman–Crippen MR) is 56.7 cm³/mol. The molecule has 14 heavy (non-hydrogen) atoms. The maximum atomic E-state index is 11.6. The van der Waals surface area contributed by atoms with Crippen molar-refractivity contribution in [3.8, 4) is 0 Å². The minimum atomic E-state index is -0.458. The molecule has 0 spiro atoms. The molecule has 0 aliphatic heterocycles. The van der Waals surface area contributed by atoms with E-state index < -0.39 is 5.41 Å². The van der Waals surface area contributed by atoms with E-state index in [2.05, 4.69) is 10.8 Å². The van der Waals surface area contributed by atoms with Gasteiger partial charge < -0.3 is 5.32 Å². The first-order chi connectivity index (χ1) is 6.19. The number of hydrogen-bond acceptors (Lipinski definition) is 3. The molecule has 0 aromatic rings. The molecule has 2 N–H and O–H groups in total. The minimum absolute atomic E-state index is 0.109. The first-order valence-electron chi connectivity index (χ1n) is 4.82. The van der Waals surface area contributed by atoms with Crippen LogP contribution in [0.2, 0.25) is 0 Å². The van der Waals surface area contributed by atoms with Crippen LogP contribution in [0.25, 0.3) is 0 Å². The number of rotatable bonds is 4. The lowest BCUT2D eigenvalue weighted by atomic mass is 9.93. The molecule has 0 unspecified atom stereocenters. The summed E-state index contributed by atoms with van der Waals surface area (Å²) in [4.78, 5) is 16.8. The van der Waals surface area contributed by atoms with Crippen molar-refractivity contribution < 1.29 is 9.63 Å². The summed E-state index contributed by atoms with van der Waals surface area (Å²) in [7, 11) is 1.82. The van der Waals surface area contributed by atoms with E-state index in [0.717, 1.165) is 0 Å². The van der Waals surface area contributed by atoms with Crippen LogP contribution >= 0.6 is 0 Å². The average Bonchev–Trinajstić information content (AvgIpc) is 1.98. The number of hydrogen-bond donors (Lipinski definition) is 2. The Morgan fingerprint density at radius 1 is 1.21 bits per heavy atom. The SMILES string of the molecule is CNCC(C)(C)C(=O)NOC(C)(C)C. The van der Waals surface area contributed by atoms with Gasteiger partial charge in [0.1, 0.15) is 0 Å². The van der Waals surface area contributed by atoms with Crippen molar-refractivity contribution in [3.63, 3.8) is 0 Å². The molecule has 0 aliphatic rings. The fraction of sp³-hybridized carbons (Fsp3) is 0.900. The highest BCUT2D eigenvalue weighted by molar-refractivity contribution is 5.81. The number of hydroxylamine groups is 1. The summed E-state index contributed by atoms with van der Waals surface area (Å²) in [6.45, 7) is 10.0. The zero-order valence-corrected chi connectivity index (χ0v) is 10.0. The second kappa shape index (κ2) is 4.75. The largest absolute Gasteiger partial charge is 0.319 e. The fourth-order valence-electron chi connectivity index (χ4n) is 0.860. The molecule has 0 saturated carbocycles. The van der Waals surface area contributed by atoms with Gasteiger partial charge in [0.25, 0.3) is 0 Å². The van der Waals surface area contributed by atoms with Crippen LogP contribution in [0.4, 0.5) is 0 Å². The Bertz CT molecular complexity index is 195. The lowest BCUT2D eigenvalue weighted by Gasteiger charge is -2.26. The molecule has 0 radical (unpaired) electrons. The molecule has 0 aliphatic carbocycles. The van der Waals surface area contributed by atoms with Gasteiger partial charge in [-0.1, -0.05) is 0 Å². The smallest absolute Gasteiger partial charge is 0.250 e. The van der Waals surface area contributed by atoms with Crippen molar-refractivity contribution >= 4 is 5.91 Å². The van der Waals surface area contributed by atoms with Crippen molar-refractivity contribution in [2.45, 2.75) is 40.2 Å². The number of carbonyl (C=O) groups excluding carboxylic acids is 1. The number of nitrogens with one attached hydrogen (secondary N) is 2. The summed E-state index contributed by atoms with van der Waals surface area (Å²) >= 11 is 0. The topological polar surface area (TPSA) is 50.4 Å². The van der Waals surface area contributed by atoms with Crippen molar-refractivity contribution in [1.82, 2.24) is 10.8 Å². The first kappa shape index (κ1) is 13.4. The number of amides is 1. The standard InChI is InChI=1S/C10H22N2O2/c1-9(2,3)14-12-8(13)10(4,5)7-11-6/h11H,7H2,1-6H3,(H,12,13). The Labute approximate surface area is 86.4 Å². The highest BCUT2D eigenvalue weighted by Crippen LogP contribution is 2.14. The van der Waals surface area contributed by atoms with Gasteiger partial charge >= 0.3 is 0 Å². The van der Waals surface area contributed by atoms with Gasteiger partial charge in [-0.25, -0.2) is 5.48 Å². The van der Waals surface area contributed by atoms with E-state index in [1.165, 1.54) is 0 Å². The van der Waals surface area contributed by atoms with Gasteiger partial charge in [-0.15, -0.1) is 0 Å².